The summed E-state index contributed by atoms with van der Waals surface area (Å²) in [5, 5.41) is 11.0. The van der Waals surface area contributed by atoms with E-state index >= 15 is 0 Å². The molecule has 20 heterocycles. The fourth-order valence-electron chi connectivity index (χ4n) is 15.8. The van der Waals surface area contributed by atoms with E-state index in [1.54, 1.807) is 31.0 Å². The highest BCUT2D eigenvalue weighted by Crippen LogP contribution is 2.15. The molecule has 0 fully saturated rings. The second kappa shape index (κ2) is 29.9. The number of hydrogen-bond donors (Lipinski definition) is 0. The van der Waals surface area contributed by atoms with Crippen molar-refractivity contribution in [2.45, 2.75) is 48.5 Å². The highest BCUT2D eigenvalue weighted by Gasteiger charge is 2.36. The average molecular weight is 1480 g/mol. The predicted molar refractivity (Wildman–Crippen MR) is 448 cm³/mol. The Bertz CT molecular complexity index is 6970. The number of aromatic nitrogens is 10. The lowest BCUT2D eigenvalue weighted by atomic mass is 9.55. The van der Waals surface area contributed by atoms with Crippen LogP contribution in [0.15, 0.2) is 193 Å². The summed E-state index contributed by atoms with van der Waals surface area (Å²) in [7, 11) is 20.9. The summed E-state index contributed by atoms with van der Waals surface area (Å²) in [6.45, 7) is 15.8. The molecular formula is C87H89B5N15O5+5. The van der Waals surface area contributed by atoms with Crippen molar-refractivity contribution in [2.75, 3.05) is 35.2 Å². The molecule has 112 heavy (non-hydrogen) atoms. The SMILES string of the molecule is Cc1cc(B2C=c3c(oc4ncccc34)=CN2C)[n+](C)cc1C.Cc1cc(B2C=c3oc4ncccc4c3=CN2C)[n+](C)cc1C.Cc1cc[n+](C)c(B2C=c3c(oc4ncccc34)=CN2C)c1.Cc1cc[n+](C)c(B2C=c3oc4ncccc4c3=CN2C)c1.Cc1ccc(B2C=c3c(oc4ncccc34)=CN2C)[n+](C)c1. The molecule has 552 valence electrons. The molecule has 0 amide bonds. The molecule has 0 spiro atoms. The van der Waals surface area contributed by atoms with Gasteiger partial charge < -0.3 is 46.1 Å². The molecule has 0 unspecified atom stereocenters. The van der Waals surface area contributed by atoms with Gasteiger partial charge in [-0.25, -0.2) is 47.8 Å². The van der Waals surface area contributed by atoms with E-state index in [0.29, 0.717) is 28.6 Å². The monoisotopic (exact) mass is 1480 g/mol. The molecule has 20 nitrogen and oxygen atoms in total. The third kappa shape index (κ3) is 14.0. The van der Waals surface area contributed by atoms with Crippen LogP contribution in [0.5, 0.6) is 0 Å². The van der Waals surface area contributed by atoms with Crippen LogP contribution in [0.1, 0.15) is 38.9 Å². The Morgan fingerprint density at radius 3 is 0.920 bits per heavy atom. The average Bonchev–Trinajstić information content (AvgIpc) is 1.60. The Hall–Kier alpha value is -12.8. The van der Waals surface area contributed by atoms with E-state index in [9.17, 15) is 0 Å². The van der Waals surface area contributed by atoms with Gasteiger partial charge in [0, 0.05) is 156 Å². The zero-order chi connectivity index (χ0) is 78.1. The fraction of sp³-hybridized carbons (Fsp3) is 0.195. The van der Waals surface area contributed by atoms with Gasteiger partial charge in [-0.05, 0) is 203 Å². The molecule has 0 radical (unpaired) electrons. The van der Waals surface area contributed by atoms with Gasteiger partial charge in [0.15, 0.2) is 75.2 Å². The van der Waals surface area contributed by atoms with Gasteiger partial charge in [0.1, 0.15) is 46.1 Å². The topological polar surface area (TPSA) is 166 Å². The second-order valence-electron chi connectivity index (χ2n) is 30.3. The number of fused-ring (bicyclic) bond motifs is 15. The van der Waals surface area contributed by atoms with E-state index in [-0.39, 0.29) is 34.2 Å². The highest BCUT2D eigenvalue weighted by molar-refractivity contribution is 6.84. The van der Waals surface area contributed by atoms with Crippen LogP contribution in [0.25, 0.3) is 116 Å². The van der Waals surface area contributed by atoms with Crippen molar-refractivity contribution in [3.8, 4) is 0 Å². The van der Waals surface area contributed by atoms with E-state index in [1.807, 2.05) is 30.3 Å². The highest BCUT2D eigenvalue weighted by atomic mass is 16.4. The number of aryl methyl sites for hydroxylation is 12. The van der Waals surface area contributed by atoms with Crippen LogP contribution in [0.3, 0.4) is 0 Å². The summed E-state index contributed by atoms with van der Waals surface area (Å²) in [6.07, 6.45) is 30.0. The first kappa shape index (κ1) is 73.4. The summed E-state index contributed by atoms with van der Waals surface area (Å²) in [6, 6.07) is 37.6. The minimum absolute atomic E-state index is 0.146. The van der Waals surface area contributed by atoms with Crippen LogP contribution in [-0.2, 0) is 35.2 Å². The minimum atomic E-state index is 0.146. The number of furan rings is 5. The van der Waals surface area contributed by atoms with Gasteiger partial charge >= 0.3 is 34.2 Å². The Kier molecular flexibility index (Phi) is 19.6. The molecule has 15 aromatic rings. The predicted octanol–water partition coefficient (Wildman–Crippen LogP) is -0.0706. The van der Waals surface area contributed by atoms with Crippen LogP contribution < -0.4 is 104 Å². The Labute approximate surface area is 651 Å². The van der Waals surface area contributed by atoms with E-state index in [4.69, 9.17) is 22.1 Å². The van der Waals surface area contributed by atoms with Crippen LogP contribution in [0.2, 0.25) is 0 Å². The van der Waals surface area contributed by atoms with E-state index in [2.05, 4.69) is 361 Å². The molecule has 5 aliphatic rings. The van der Waals surface area contributed by atoms with Crippen LogP contribution in [0.4, 0.5) is 0 Å². The largest absolute Gasteiger partial charge is 0.439 e. The Balaban J connectivity index is 0.000000106. The van der Waals surface area contributed by atoms with Gasteiger partial charge in [-0.1, -0.05) is 17.9 Å². The molecule has 0 N–H and O–H groups in total. The molecule has 0 bridgehead atoms. The number of pyridine rings is 10. The van der Waals surface area contributed by atoms with Crippen LogP contribution in [0, 0.1) is 48.5 Å². The summed E-state index contributed by atoms with van der Waals surface area (Å²) in [4.78, 5) is 32.6. The zero-order valence-corrected chi connectivity index (χ0v) is 66.6. The van der Waals surface area contributed by atoms with Crippen molar-refractivity contribution in [1.29, 1.82) is 0 Å². The molecule has 0 saturated heterocycles. The maximum atomic E-state index is 5.95. The van der Waals surface area contributed by atoms with Crippen LogP contribution in [-0.4, -0.2) is 118 Å². The Morgan fingerprint density at radius 1 is 0.277 bits per heavy atom. The molecular weight excluding hydrogens is 1390 g/mol. The minimum Gasteiger partial charge on any atom is -0.439 e. The molecule has 0 aromatic carbocycles. The maximum Gasteiger partial charge on any atom is 0.399 e. The first-order valence-electron chi connectivity index (χ1n) is 37.8. The quantitative estimate of drug-likeness (QED) is 0.166. The third-order valence-electron chi connectivity index (χ3n) is 22.2. The number of rotatable bonds is 5. The van der Waals surface area contributed by atoms with E-state index in [1.165, 1.54) is 66.9 Å². The lowest BCUT2D eigenvalue weighted by molar-refractivity contribution is -0.654. The van der Waals surface area contributed by atoms with Gasteiger partial charge in [0.2, 0.25) is 28.6 Å². The van der Waals surface area contributed by atoms with Crippen molar-refractivity contribution >= 4 is 179 Å². The summed E-state index contributed by atoms with van der Waals surface area (Å²) >= 11 is 0. The first-order valence-corrected chi connectivity index (χ1v) is 37.8. The molecule has 20 rings (SSSR count). The maximum absolute atomic E-state index is 5.95. The third-order valence-corrected chi connectivity index (χ3v) is 22.2. The first-order chi connectivity index (χ1) is 54.0. The van der Waals surface area contributed by atoms with E-state index in [0.717, 1.165) is 80.1 Å². The van der Waals surface area contributed by atoms with Crippen molar-refractivity contribution in [1.82, 2.24) is 49.0 Å². The molecule has 0 saturated carbocycles. The second-order valence-corrected chi connectivity index (χ2v) is 30.3. The van der Waals surface area contributed by atoms with Gasteiger partial charge in [-0.15, -0.1) is 0 Å². The van der Waals surface area contributed by atoms with Gasteiger partial charge in [0.05, 0.1) is 0 Å². The van der Waals surface area contributed by atoms with Gasteiger partial charge in [-0.3, -0.25) is 0 Å². The lowest BCUT2D eigenvalue weighted by Crippen LogP contribution is -2.61. The summed E-state index contributed by atoms with van der Waals surface area (Å²) < 4.78 is 40.4. The standard InChI is InChI=1S/2C18H19BN3O.3C17H17BN3O/c1-12-8-17(21(3)10-13(12)2)19-9-16-15(11-22(19)4)14-6-5-7-20-18(14)23-16;1-12-8-17(21(3)10-13(12)2)19-9-15-14-6-5-7-20-18(14)23-16(15)11-22(19)4;1-12-6-7-16(20(2)10-12)18-9-14-13-5-4-8-19-17(13)22-15(14)11-21(18)3;1-12-6-8-20(2)16(9-12)18-10-15-14(11-21(18)3)13-5-4-7-19-17(13)22-15;1-12-6-8-20(2)16(9-12)18-10-14-13-5-4-7-19-17(13)22-15(14)11-21(18)3/h2*5-11H,1-4H3;3*4-11H,1-3H3/q5*+1. The van der Waals surface area contributed by atoms with Gasteiger partial charge in [-0.2, -0.15) is 0 Å². The summed E-state index contributed by atoms with van der Waals surface area (Å²) in [5.41, 5.74) is 23.1. The molecule has 0 aliphatic carbocycles. The summed E-state index contributed by atoms with van der Waals surface area (Å²) in [5.74, 6) is 11.1. The molecule has 5 aliphatic heterocycles. The van der Waals surface area contributed by atoms with Crippen molar-refractivity contribution in [3.05, 3.63) is 263 Å². The normalized spacial score (nSPS) is 13.8. The number of nitrogens with zero attached hydrogens (tertiary/aromatic N) is 15. The van der Waals surface area contributed by atoms with Crippen LogP contribution >= 0.6 is 0 Å². The number of hydrogen-bond acceptors (Lipinski definition) is 15. The molecule has 15 aromatic heterocycles. The van der Waals surface area contributed by atoms with Gasteiger partial charge in [0.25, 0.3) is 0 Å². The van der Waals surface area contributed by atoms with Crippen molar-refractivity contribution in [3.63, 3.8) is 0 Å². The smallest absolute Gasteiger partial charge is 0.399 e. The molecule has 25 heteroatoms. The lowest BCUT2D eigenvalue weighted by Gasteiger charge is -2.21. The van der Waals surface area contributed by atoms with Crippen molar-refractivity contribution in [2.24, 2.45) is 35.2 Å². The molecule has 0 atom stereocenters. The Morgan fingerprint density at radius 2 is 0.571 bits per heavy atom. The zero-order valence-electron chi connectivity index (χ0n) is 66.6. The van der Waals surface area contributed by atoms with E-state index < -0.39 is 0 Å². The van der Waals surface area contributed by atoms with Crippen molar-refractivity contribution < 1.29 is 44.9 Å². The fourth-order valence-corrected chi connectivity index (χ4v) is 15.8.